The maximum Gasteiger partial charge on any atom is 0.181 e. The molecule has 0 atom stereocenters. The molecule has 0 radical (unpaired) electrons. The van der Waals surface area contributed by atoms with E-state index in [0.717, 1.165) is 0 Å². The Labute approximate surface area is 63.6 Å². The highest BCUT2D eigenvalue weighted by Crippen LogP contribution is 1.92. The summed E-state index contributed by atoms with van der Waals surface area (Å²) in [6.45, 7) is 1.80. The first kappa shape index (κ1) is 7.87. The van der Waals surface area contributed by atoms with Crippen LogP contribution in [0.4, 0.5) is 0 Å². The van der Waals surface area contributed by atoms with Gasteiger partial charge in [0, 0.05) is 6.92 Å². The Bertz CT molecular complexity index is 256. The van der Waals surface area contributed by atoms with Gasteiger partial charge in [0.2, 0.25) is 0 Å². The molecule has 1 aromatic heterocycles. The average molecular weight is 155 g/mol. The zero-order valence-electron chi connectivity index (χ0n) is 6.19. The lowest BCUT2D eigenvalue weighted by Gasteiger charge is -1.91. The summed E-state index contributed by atoms with van der Waals surface area (Å²) in [4.78, 5) is 10.7. The largest absolute Gasteiger partial charge is 0.394 e. The van der Waals surface area contributed by atoms with E-state index >= 15 is 0 Å². The highest BCUT2D eigenvalue weighted by molar-refractivity contribution is 5.91. The van der Waals surface area contributed by atoms with Crippen LogP contribution in [-0.2, 0) is 6.54 Å². The van der Waals surface area contributed by atoms with Crippen molar-refractivity contribution in [2.75, 3.05) is 6.61 Å². The smallest absolute Gasteiger partial charge is 0.181 e. The van der Waals surface area contributed by atoms with Crippen molar-refractivity contribution >= 4 is 5.78 Å². The highest BCUT2D eigenvalue weighted by Gasteiger charge is 2.03. The molecule has 1 rings (SSSR count). The summed E-state index contributed by atoms with van der Waals surface area (Å²) in [7, 11) is 0. The lowest BCUT2D eigenvalue weighted by molar-refractivity contribution is 0.101. The topological polar surface area (TPSA) is 68.0 Å². The second kappa shape index (κ2) is 3.25. The number of aliphatic hydroxyl groups is 1. The van der Waals surface area contributed by atoms with Gasteiger partial charge in [-0.1, -0.05) is 5.21 Å². The number of nitrogens with zero attached hydrogens (tertiary/aromatic N) is 3. The summed E-state index contributed by atoms with van der Waals surface area (Å²) in [5, 5.41) is 15.7. The molecule has 0 saturated carbocycles. The molecule has 1 N–H and O–H groups in total. The number of hydrogen-bond acceptors (Lipinski definition) is 4. The van der Waals surface area contributed by atoms with E-state index in [2.05, 4.69) is 10.3 Å². The maximum atomic E-state index is 10.7. The predicted octanol–water partition coefficient (Wildman–Crippen LogP) is -0.527. The van der Waals surface area contributed by atoms with Crippen molar-refractivity contribution in [3.05, 3.63) is 11.9 Å². The third kappa shape index (κ3) is 1.84. The van der Waals surface area contributed by atoms with Crippen LogP contribution in [0.15, 0.2) is 6.20 Å². The third-order valence-corrected chi connectivity index (χ3v) is 1.23. The van der Waals surface area contributed by atoms with Crippen LogP contribution in [0, 0.1) is 0 Å². The minimum Gasteiger partial charge on any atom is -0.394 e. The number of ketones is 1. The molecule has 11 heavy (non-hydrogen) atoms. The molecule has 60 valence electrons. The number of Topliss-reactive ketones (excluding diaryl/α,β-unsaturated/α-hetero) is 1. The van der Waals surface area contributed by atoms with E-state index in [1.54, 1.807) is 0 Å². The van der Waals surface area contributed by atoms with E-state index in [1.165, 1.54) is 17.8 Å². The first-order valence-electron chi connectivity index (χ1n) is 3.26. The van der Waals surface area contributed by atoms with Gasteiger partial charge in [0.25, 0.3) is 0 Å². The average Bonchev–Trinajstić information content (AvgIpc) is 2.37. The van der Waals surface area contributed by atoms with Crippen LogP contribution in [-0.4, -0.2) is 32.5 Å². The minimum absolute atomic E-state index is 0.000699. The minimum atomic E-state index is -0.116. The molecule has 0 bridgehead atoms. The van der Waals surface area contributed by atoms with Crippen molar-refractivity contribution in [3.8, 4) is 0 Å². The van der Waals surface area contributed by atoms with Crippen molar-refractivity contribution in [2.45, 2.75) is 13.5 Å². The van der Waals surface area contributed by atoms with Crippen LogP contribution >= 0.6 is 0 Å². The summed E-state index contributed by atoms with van der Waals surface area (Å²) in [5.74, 6) is -0.116. The maximum absolute atomic E-state index is 10.7. The normalized spacial score (nSPS) is 10.0. The van der Waals surface area contributed by atoms with Crippen LogP contribution in [0.3, 0.4) is 0 Å². The summed E-state index contributed by atoms with van der Waals surface area (Å²) in [6, 6.07) is 0. The fourth-order valence-corrected chi connectivity index (χ4v) is 0.671. The molecule has 0 fully saturated rings. The van der Waals surface area contributed by atoms with E-state index in [4.69, 9.17) is 5.11 Å². The Balaban J connectivity index is 2.73. The number of carbonyl (C=O) groups is 1. The molecular formula is C6H9N3O2. The molecular weight excluding hydrogens is 146 g/mol. The molecule has 0 aliphatic carbocycles. The predicted molar refractivity (Wildman–Crippen MR) is 37.1 cm³/mol. The van der Waals surface area contributed by atoms with Crippen molar-refractivity contribution in [1.29, 1.82) is 0 Å². The van der Waals surface area contributed by atoms with E-state index in [-0.39, 0.29) is 12.4 Å². The van der Waals surface area contributed by atoms with Gasteiger partial charge < -0.3 is 5.11 Å². The van der Waals surface area contributed by atoms with Crippen molar-refractivity contribution < 1.29 is 9.90 Å². The van der Waals surface area contributed by atoms with Crippen molar-refractivity contribution in [3.63, 3.8) is 0 Å². The zero-order valence-corrected chi connectivity index (χ0v) is 6.19. The number of aromatic nitrogens is 3. The molecule has 0 amide bonds. The van der Waals surface area contributed by atoms with E-state index in [9.17, 15) is 4.79 Å². The zero-order chi connectivity index (χ0) is 8.27. The van der Waals surface area contributed by atoms with Gasteiger partial charge in [-0.15, -0.1) is 5.10 Å². The molecule has 0 aromatic carbocycles. The fraction of sp³-hybridized carbons (Fsp3) is 0.500. The standard InChI is InChI=1S/C6H9N3O2/c1-5(11)6-4-9(2-3-10)8-7-6/h4,10H,2-3H2,1H3. The van der Waals surface area contributed by atoms with E-state index in [1.807, 2.05) is 0 Å². The first-order valence-corrected chi connectivity index (χ1v) is 3.26. The second-order valence-corrected chi connectivity index (χ2v) is 2.15. The Morgan fingerprint density at radius 1 is 1.82 bits per heavy atom. The number of hydrogen-bond donors (Lipinski definition) is 1. The summed E-state index contributed by atoms with van der Waals surface area (Å²) in [6.07, 6.45) is 1.51. The fourth-order valence-electron chi connectivity index (χ4n) is 0.671. The summed E-state index contributed by atoms with van der Waals surface area (Å²) < 4.78 is 1.43. The Hall–Kier alpha value is -1.23. The molecule has 1 heterocycles. The molecule has 5 heteroatoms. The van der Waals surface area contributed by atoms with E-state index in [0.29, 0.717) is 12.2 Å². The monoisotopic (exact) mass is 155 g/mol. The van der Waals surface area contributed by atoms with Gasteiger partial charge in [-0.2, -0.15) is 0 Å². The number of rotatable bonds is 3. The van der Waals surface area contributed by atoms with Gasteiger partial charge in [0.05, 0.1) is 19.3 Å². The second-order valence-electron chi connectivity index (χ2n) is 2.15. The van der Waals surface area contributed by atoms with Gasteiger partial charge in [-0.05, 0) is 0 Å². The lowest BCUT2D eigenvalue weighted by Crippen LogP contribution is -2.02. The number of aliphatic hydroxyl groups excluding tert-OH is 1. The lowest BCUT2D eigenvalue weighted by atomic mass is 10.3. The van der Waals surface area contributed by atoms with E-state index < -0.39 is 0 Å². The van der Waals surface area contributed by atoms with Gasteiger partial charge in [0.1, 0.15) is 5.69 Å². The van der Waals surface area contributed by atoms with Crippen molar-refractivity contribution in [1.82, 2.24) is 15.0 Å². The molecule has 5 nitrogen and oxygen atoms in total. The summed E-state index contributed by atoms with van der Waals surface area (Å²) in [5.41, 5.74) is 0.332. The quantitative estimate of drug-likeness (QED) is 0.596. The van der Waals surface area contributed by atoms with Crippen LogP contribution in [0.5, 0.6) is 0 Å². The first-order chi connectivity index (χ1) is 5.24. The third-order valence-electron chi connectivity index (χ3n) is 1.23. The molecule has 0 saturated heterocycles. The van der Waals surface area contributed by atoms with Gasteiger partial charge in [0.15, 0.2) is 5.78 Å². The SMILES string of the molecule is CC(=O)c1cn(CCO)nn1. The van der Waals surface area contributed by atoms with Crippen LogP contribution in [0.2, 0.25) is 0 Å². The van der Waals surface area contributed by atoms with Crippen molar-refractivity contribution in [2.24, 2.45) is 0 Å². The Kier molecular flexibility index (Phi) is 2.32. The molecule has 0 aliphatic rings. The number of carbonyl (C=O) groups excluding carboxylic acids is 1. The van der Waals surface area contributed by atoms with Gasteiger partial charge >= 0.3 is 0 Å². The van der Waals surface area contributed by atoms with Crippen LogP contribution in [0.1, 0.15) is 17.4 Å². The van der Waals surface area contributed by atoms with Crippen LogP contribution < -0.4 is 0 Å². The van der Waals surface area contributed by atoms with Gasteiger partial charge in [-0.3, -0.25) is 4.79 Å². The Morgan fingerprint density at radius 2 is 2.55 bits per heavy atom. The molecule has 0 spiro atoms. The molecule has 0 unspecified atom stereocenters. The summed E-state index contributed by atoms with van der Waals surface area (Å²) >= 11 is 0. The van der Waals surface area contributed by atoms with Crippen LogP contribution in [0.25, 0.3) is 0 Å². The Morgan fingerprint density at radius 3 is 3.00 bits per heavy atom. The molecule has 1 aromatic rings. The highest BCUT2D eigenvalue weighted by atomic mass is 16.3. The van der Waals surface area contributed by atoms with Gasteiger partial charge in [-0.25, -0.2) is 4.68 Å². The molecule has 0 aliphatic heterocycles.